The van der Waals surface area contributed by atoms with Gasteiger partial charge in [-0.3, -0.25) is 0 Å². The van der Waals surface area contributed by atoms with E-state index in [2.05, 4.69) is 27.9 Å². The zero-order chi connectivity index (χ0) is 14.2. The highest BCUT2D eigenvalue weighted by Gasteiger charge is 2.27. The number of benzene rings is 1. The molecule has 0 spiro atoms. The fourth-order valence-electron chi connectivity index (χ4n) is 2.80. The van der Waals surface area contributed by atoms with Gasteiger partial charge in [-0.05, 0) is 25.5 Å². The molecule has 6 heteroatoms. The molecule has 1 N–H and O–H groups in total. The van der Waals surface area contributed by atoms with Crippen LogP contribution in [0.1, 0.15) is 19.2 Å². The third-order valence-electron chi connectivity index (χ3n) is 3.83. The van der Waals surface area contributed by atoms with Gasteiger partial charge in [0.25, 0.3) is 0 Å². The molecule has 2 heterocycles. The number of imidazole rings is 1. The van der Waals surface area contributed by atoms with Crippen molar-refractivity contribution in [3.63, 3.8) is 0 Å². The van der Waals surface area contributed by atoms with Crippen LogP contribution < -0.4 is 5.32 Å². The summed E-state index contributed by atoms with van der Waals surface area (Å²) in [7, 11) is -2.83. The molecule has 1 aromatic carbocycles. The number of rotatable bonds is 4. The predicted octanol–water partition coefficient (Wildman–Crippen LogP) is 1.33. The zero-order valence-corrected chi connectivity index (χ0v) is 12.4. The normalized spacial score (nSPS) is 21.6. The SMILES string of the molecule is CCn1c(CNC2CCS(=O)(=O)C2)nc2ccccc21. The number of sulfone groups is 1. The zero-order valence-electron chi connectivity index (χ0n) is 11.5. The first-order valence-electron chi connectivity index (χ1n) is 6.97. The van der Waals surface area contributed by atoms with E-state index in [0.717, 1.165) is 23.4 Å². The monoisotopic (exact) mass is 293 g/mol. The van der Waals surface area contributed by atoms with E-state index < -0.39 is 9.84 Å². The van der Waals surface area contributed by atoms with Gasteiger partial charge in [0.15, 0.2) is 9.84 Å². The van der Waals surface area contributed by atoms with Crippen LogP contribution in [0, 0.1) is 0 Å². The van der Waals surface area contributed by atoms with E-state index in [0.29, 0.717) is 18.7 Å². The number of hydrogen-bond acceptors (Lipinski definition) is 4. The van der Waals surface area contributed by atoms with E-state index in [9.17, 15) is 8.42 Å². The van der Waals surface area contributed by atoms with Crippen LogP contribution in [-0.4, -0.2) is 35.5 Å². The Labute approximate surface area is 118 Å². The molecule has 0 aliphatic carbocycles. The summed E-state index contributed by atoms with van der Waals surface area (Å²) in [5.74, 6) is 1.52. The Morgan fingerprint density at radius 3 is 2.90 bits per heavy atom. The lowest BCUT2D eigenvalue weighted by atomic mass is 10.2. The van der Waals surface area contributed by atoms with Crippen LogP contribution in [0.2, 0.25) is 0 Å². The van der Waals surface area contributed by atoms with Crippen molar-refractivity contribution in [3.8, 4) is 0 Å². The Bertz CT molecular complexity index is 721. The Balaban J connectivity index is 1.78. The minimum atomic E-state index is -2.83. The van der Waals surface area contributed by atoms with Crippen molar-refractivity contribution in [3.05, 3.63) is 30.1 Å². The van der Waals surface area contributed by atoms with Crippen molar-refractivity contribution < 1.29 is 8.42 Å². The van der Waals surface area contributed by atoms with Crippen molar-refractivity contribution in [2.45, 2.75) is 32.5 Å². The van der Waals surface area contributed by atoms with E-state index in [4.69, 9.17) is 0 Å². The second kappa shape index (κ2) is 5.18. The lowest BCUT2D eigenvalue weighted by molar-refractivity contribution is 0.529. The molecule has 1 unspecified atom stereocenters. The van der Waals surface area contributed by atoms with Gasteiger partial charge < -0.3 is 9.88 Å². The summed E-state index contributed by atoms with van der Waals surface area (Å²) in [5, 5.41) is 3.33. The van der Waals surface area contributed by atoms with Gasteiger partial charge in [-0.25, -0.2) is 13.4 Å². The van der Waals surface area contributed by atoms with Crippen molar-refractivity contribution in [2.75, 3.05) is 11.5 Å². The average molecular weight is 293 g/mol. The largest absolute Gasteiger partial charge is 0.327 e. The summed E-state index contributed by atoms with van der Waals surface area (Å²) in [5.41, 5.74) is 2.12. The molecule has 2 aromatic rings. The topological polar surface area (TPSA) is 64.0 Å². The van der Waals surface area contributed by atoms with Gasteiger partial charge >= 0.3 is 0 Å². The van der Waals surface area contributed by atoms with Crippen LogP contribution in [0.3, 0.4) is 0 Å². The van der Waals surface area contributed by atoms with E-state index in [1.165, 1.54) is 0 Å². The number of nitrogens with one attached hydrogen (secondary N) is 1. The molecule has 1 fully saturated rings. The second-order valence-corrected chi connectivity index (χ2v) is 7.47. The maximum absolute atomic E-state index is 11.5. The standard InChI is InChI=1S/C14H19N3O2S/c1-2-17-13-6-4-3-5-12(13)16-14(17)9-15-11-7-8-20(18,19)10-11/h3-6,11,15H,2,7-10H2,1H3. The molecule has 0 amide bonds. The minimum absolute atomic E-state index is 0.0603. The molecule has 1 atom stereocenters. The fourth-order valence-corrected chi connectivity index (χ4v) is 4.51. The molecular formula is C14H19N3O2S. The van der Waals surface area contributed by atoms with Crippen LogP contribution in [0.5, 0.6) is 0 Å². The van der Waals surface area contributed by atoms with Gasteiger partial charge in [-0.1, -0.05) is 12.1 Å². The molecule has 0 saturated carbocycles. The molecule has 1 saturated heterocycles. The summed E-state index contributed by atoms with van der Waals surface area (Å²) in [6, 6.07) is 8.12. The quantitative estimate of drug-likeness (QED) is 0.924. The van der Waals surface area contributed by atoms with E-state index in [1.54, 1.807) is 0 Å². The number of aromatic nitrogens is 2. The first kappa shape index (κ1) is 13.6. The third kappa shape index (κ3) is 2.58. The van der Waals surface area contributed by atoms with E-state index >= 15 is 0 Å². The van der Waals surface area contributed by atoms with Crippen molar-refractivity contribution >= 4 is 20.9 Å². The Hall–Kier alpha value is -1.40. The van der Waals surface area contributed by atoms with Crippen LogP contribution in [0.25, 0.3) is 11.0 Å². The summed E-state index contributed by atoms with van der Waals surface area (Å²) in [6.07, 6.45) is 0.703. The van der Waals surface area contributed by atoms with E-state index in [1.807, 2.05) is 18.2 Å². The smallest absolute Gasteiger partial charge is 0.151 e. The predicted molar refractivity (Wildman–Crippen MR) is 79.3 cm³/mol. The van der Waals surface area contributed by atoms with Crippen molar-refractivity contribution in [2.24, 2.45) is 0 Å². The molecule has 108 valence electrons. The maximum atomic E-state index is 11.5. The molecule has 3 rings (SSSR count). The molecular weight excluding hydrogens is 274 g/mol. The summed E-state index contributed by atoms with van der Waals surface area (Å²) >= 11 is 0. The fraction of sp³-hybridized carbons (Fsp3) is 0.500. The molecule has 0 bridgehead atoms. The Morgan fingerprint density at radius 1 is 1.40 bits per heavy atom. The van der Waals surface area contributed by atoms with Crippen LogP contribution in [0.4, 0.5) is 0 Å². The average Bonchev–Trinajstić information content (AvgIpc) is 2.95. The number of para-hydroxylation sites is 2. The Kier molecular flexibility index (Phi) is 3.52. The second-order valence-electron chi connectivity index (χ2n) is 5.24. The lowest BCUT2D eigenvalue weighted by Gasteiger charge is -2.11. The minimum Gasteiger partial charge on any atom is -0.327 e. The van der Waals surface area contributed by atoms with E-state index in [-0.39, 0.29) is 11.8 Å². The molecule has 0 radical (unpaired) electrons. The van der Waals surface area contributed by atoms with Gasteiger partial charge in [-0.15, -0.1) is 0 Å². The summed E-state index contributed by atoms with van der Waals surface area (Å²) in [6.45, 7) is 3.57. The molecule has 20 heavy (non-hydrogen) atoms. The highest BCUT2D eigenvalue weighted by molar-refractivity contribution is 7.91. The maximum Gasteiger partial charge on any atom is 0.151 e. The van der Waals surface area contributed by atoms with Crippen LogP contribution in [0.15, 0.2) is 24.3 Å². The summed E-state index contributed by atoms with van der Waals surface area (Å²) < 4.78 is 25.1. The Morgan fingerprint density at radius 2 is 2.20 bits per heavy atom. The highest BCUT2D eigenvalue weighted by atomic mass is 32.2. The molecule has 1 aliphatic rings. The molecule has 1 aliphatic heterocycles. The van der Waals surface area contributed by atoms with Gasteiger partial charge in [0.2, 0.25) is 0 Å². The van der Waals surface area contributed by atoms with Crippen LogP contribution in [-0.2, 0) is 22.9 Å². The van der Waals surface area contributed by atoms with Gasteiger partial charge in [0, 0.05) is 12.6 Å². The van der Waals surface area contributed by atoms with Gasteiger partial charge in [-0.2, -0.15) is 0 Å². The number of fused-ring (bicyclic) bond motifs is 1. The summed E-state index contributed by atoms with van der Waals surface area (Å²) in [4.78, 5) is 4.63. The first-order valence-corrected chi connectivity index (χ1v) is 8.79. The molecule has 1 aromatic heterocycles. The highest BCUT2D eigenvalue weighted by Crippen LogP contribution is 2.17. The van der Waals surface area contributed by atoms with Crippen molar-refractivity contribution in [1.82, 2.24) is 14.9 Å². The number of aryl methyl sites for hydroxylation is 1. The number of nitrogens with zero attached hydrogens (tertiary/aromatic N) is 2. The van der Waals surface area contributed by atoms with Gasteiger partial charge in [0.1, 0.15) is 5.82 Å². The van der Waals surface area contributed by atoms with Crippen molar-refractivity contribution in [1.29, 1.82) is 0 Å². The number of hydrogen-bond donors (Lipinski definition) is 1. The van der Waals surface area contributed by atoms with Crippen LogP contribution >= 0.6 is 0 Å². The third-order valence-corrected chi connectivity index (χ3v) is 5.60. The lowest BCUT2D eigenvalue weighted by Crippen LogP contribution is -2.30. The first-order chi connectivity index (χ1) is 9.59. The van der Waals surface area contributed by atoms with Gasteiger partial charge in [0.05, 0.1) is 29.1 Å². The molecule has 5 nitrogen and oxygen atoms in total.